The van der Waals surface area contributed by atoms with E-state index in [4.69, 9.17) is 14.2 Å². The van der Waals surface area contributed by atoms with Crippen LogP contribution in [0, 0.1) is 0 Å². The lowest BCUT2D eigenvalue weighted by Gasteiger charge is -2.36. The van der Waals surface area contributed by atoms with E-state index in [0.29, 0.717) is 0 Å². The van der Waals surface area contributed by atoms with Crippen LogP contribution in [0.3, 0.4) is 0 Å². The standard InChI is InChI=1S/C30H24O14/c1-10(31)30(12-5-17(36)25(38)18(37)6-12)43-20-8-13(32)7-16(35)22(20)23-21(44-30)9-19-24(26(23)39)27(40)28(41)29(42-19)11-2-3-14(33)15(34)4-11/h2-10,28-29,31-39,41H,1H3. The summed E-state index contributed by atoms with van der Waals surface area (Å²) >= 11 is 0. The Morgan fingerprint density at radius 2 is 1.32 bits per heavy atom. The summed E-state index contributed by atoms with van der Waals surface area (Å²) in [7, 11) is 0. The monoisotopic (exact) mass is 608 g/mol. The zero-order valence-electron chi connectivity index (χ0n) is 22.5. The molecular formula is C30H24O14. The number of ketones is 1. The third-order valence-corrected chi connectivity index (χ3v) is 7.47. The van der Waals surface area contributed by atoms with E-state index in [1.165, 1.54) is 13.0 Å². The number of aromatic hydroxyl groups is 8. The van der Waals surface area contributed by atoms with Gasteiger partial charge in [0.05, 0.1) is 11.1 Å². The van der Waals surface area contributed by atoms with Crippen LogP contribution in [0.1, 0.15) is 34.5 Å². The van der Waals surface area contributed by atoms with E-state index in [9.17, 15) is 55.9 Å². The Kier molecular flexibility index (Phi) is 6.23. The fourth-order valence-corrected chi connectivity index (χ4v) is 5.33. The number of hydrogen-bond donors (Lipinski definition) is 10. The fourth-order valence-electron chi connectivity index (χ4n) is 5.33. The molecule has 0 saturated carbocycles. The lowest BCUT2D eigenvalue weighted by atomic mass is 9.89. The molecule has 0 spiro atoms. The van der Waals surface area contributed by atoms with Gasteiger partial charge in [0.2, 0.25) is 5.78 Å². The van der Waals surface area contributed by atoms with Crippen molar-refractivity contribution in [1.82, 2.24) is 0 Å². The van der Waals surface area contributed by atoms with Crippen LogP contribution in [0.4, 0.5) is 0 Å². The van der Waals surface area contributed by atoms with Crippen molar-refractivity contribution < 1.29 is 70.1 Å². The van der Waals surface area contributed by atoms with Gasteiger partial charge in [-0.2, -0.15) is 0 Å². The minimum absolute atomic E-state index is 0.0809. The van der Waals surface area contributed by atoms with E-state index >= 15 is 0 Å². The molecule has 2 heterocycles. The molecule has 6 rings (SSSR count). The molecule has 0 radical (unpaired) electrons. The minimum Gasteiger partial charge on any atom is -0.508 e. The van der Waals surface area contributed by atoms with Crippen molar-refractivity contribution in [3.05, 3.63) is 65.2 Å². The number of phenolic OH excluding ortho intramolecular Hbond substituents is 8. The number of carbonyl (C=O) groups excluding carboxylic acids is 1. The van der Waals surface area contributed by atoms with Gasteiger partial charge in [-0.25, -0.2) is 0 Å². The van der Waals surface area contributed by atoms with E-state index in [2.05, 4.69) is 0 Å². The lowest BCUT2D eigenvalue weighted by Crippen LogP contribution is -2.48. The van der Waals surface area contributed by atoms with E-state index < -0.39 is 87.2 Å². The molecule has 0 fully saturated rings. The molecule has 4 aromatic rings. The summed E-state index contributed by atoms with van der Waals surface area (Å²) in [4.78, 5) is 13.5. The van der Waals surface area contributed by atoms with Crippen molar-refractivity contribution in [2.24, 2.45) is 0 Å². The van der Waals surface area contributed by atoms with Crippen LogP contribution in [0.5, 0.6) is 63.2 Å². The molecule has 4 aromatic carbocycles. The summed E-state index contributed by atoms with van der Waals surface area (Å²) in [6.45, 7) is 1.20. The number of aliphatic hydroxyl groups is 2. The van der Waals surface area contributed by atoms with Gasteiger partial charge in [0.25, 0.3) is 0 Å². The summed E-state index contributed by atoms with van der Waals surface area (Å²) in [6, 6.07) is 8.31. The van der Waals surface area contributed by atoms with Crippen molar-refractivity contribution in [1.29, 1.82) is 0 Å². The topological polar surface area (TPSA) is 247 Å². The smallest absolute Gasteiger partial charge is 0.304 e. The first kappa shape index (κ1) is 28.4. The number of Topliss-reactive ketones (excluding diaryl/α,β-unsaturated/α-hetero) is 1. The van der Waals surface area contributed by atoms with Crippen LogP contribution in [0.15, 0.2) is 48.5 Å². The van der Waals surface area contributed by atoms with Crippen molar-refractivity contribution in [2.75, 3.05) is 0 Å². The largest absolute Gasteiger partial charge is 0.508 e. The Morgan fingerprint density at radius 1 is 0.682 bits per heavy atom. The highest BCUT2D eigenvalue weighted by Crippen LogP contribution is 2.58. The Morgan fingerprint density at radius 3 is 1.93 bits per heavy atom. The van der Waals surface area contributed by atoms with Crippen LogP contribution in [0.2, 0.25) is 0 Å². The Hall–Kier alpha value is -5.73. The maximum atomic E-state index is 13.5. The van der Waals surface area contributed by atoms with E-state index in [-0.39, 0.29) is 33.8 Å². The van der Waals surface area contributed by atoms with Gasteiger partial charge in [0, 0.05) is 23.8 Å². The molecule has 44 heavy (non-hydrogen) atoms. The van der Waals surface area contributed by atoms with Gasteiger partial charge in [0.15, 0.2) is 41.0 Å². The van der Waals surface area contributed by atoms with Crippen molar-refractivity contribution >= 4 is 5.78 Å². The lowest BCUT2D eigenvalue weighted by molar-refractivity contribution is -0.187. The van der Waals surface area contributed by atoms with E-state index in [0.717, 1.165) is 42.5 Å². The summed E-state index contributed by atoms with van der Waals surface area (Å²) in [5.74, 6) is -10.2. The van der Waals surface area contributed by atoms with Crippen molar-refractivity contribution in [3.8, 4) is 74.4 Å². The number of ether oxygens (including phenoxy) is 3. The van der Waals surface area contributed by atoms with E-state index in [1.807, 2.05) is 0 Å². The number of fused-ring (bicyclic) bond motifs is 4. The second kappa shape index (κ2) is 9.65. The summed E-state index contributed by atoms with van der Waals surface area (Å²) in [5, 5.41) is 105. The molecule has 2 aliphatic heterocycles. The molecule has 0 amide bonds. The molecule has 0 aliphatic carbocycles. The highest BCUT2D eigenvalue weighted by molar-refractivity contribution is 6.08. The molecule has 2 aliphatic rings. The Labute approximate surface area is 246 Å². The Balaban J connectivity index is 1.63. The third kappa shape index (κ3) is 4.07. The molecule has 228 valence electrons. The summed E-state index contributed by atoms with van der Waals surface area (Å²) in [6.07, 6.45) is -5.04. The van der Waals surface area contributed by atoms with Gasteiger partial charge in [-0.15, -0.1) is 0 Å². The molecule has 14 nitrogen and oxygen atoms in total. The van der Waals surface area contributed by atoms with Crippen LogP contribution in [-0.4, -0.2) is 69.1 Å². The molecule has 0 saturated heterocycles. The number of hydrogen-bond acceptors (Lipinski definition) is 14. The van der Waals surface area contributed by atoms with Gasteiger partial charge in [0.1, 0.15) is 46.2 Å². The average molecular weight is 609 g/mol. The third-order valence-electron chi connectivity index (χ3n) is 7.47. The minimum atomic E-state index is -2.43. The maximum absolute atomic E-state index is 13.5. The van der Waals surface area contributed by atoms with Crippen LogP contribution < -0.4 is 14.2 Å². The highest BCUT2D eigenvalue weighted by atomic mass is 16.7. The molecule has 0 aromatic heterocycles. The predicted octanol–water partition coefficient (Wildman–Crippen LogP) is 2.68. The molecule has 0 bridgehead atoms. The van der Waals surface area contributed by atoms with Crippen LogP contribution in [-0.2, 0) is 5.79 Å². The van der Waals surface area contributed by atoms with E-state index in [1.54, 1.807) is 0 Å². The van der Waals surface area contributed by atoms with Crippen molar-refractivity contribution in [2.45, 2.75) is 31.0 Å². The highest BCUT2D eigenvalue weighted by Gasteiger charge is 2.49. The SMILES string of the molecule is CC(O)C1(c2cc(O)c(O)c(O)c2)Oc2cc(O)cc(O)c2-c2c(cc3c(c2O)C(=O)C(O)C(c2ccc(O)c(O)c2)O3)O1. The number of rotatable bonds is 3. The van der Waals surface area contributed by atoms with Gasteiger partial charge < -0.3 is 65.3 Å². The molecule has 14 heteroatoms. The average Bonchev–Trinajstić information content (AvgIpc) is 3.10. The second-order valence-corrected chi connectivity index (χ2v) is 10.3. The van der Waals surface area contributed by atoms with Crippen LogP contribution >= 0.6 is 0 Å². The number of phenols is 8. The molecular weight excluding hydrogens is 584 g/mol. The quantitative estimate of drug-likeness (QED) is 0.150. The normalized spacial score (nSPS) is 21.0. The summed E-state index contributed by atoms with van der Waals surface area (Å²) in [5.41, 5.74) is -1.42. The zero-order chi connectivity index (χ0) is 31.8. The molecule has 4 atom stereocenters. The Bertz CT molecular complexity index is 1840. The first-order chi connectivity index (χ1) is 20.7. The van der Waals surface area contributed by atoms with Gasteiger partial charge >= 0.3 is 5.79 Å². The predicted molar refractivity (Wildman–Crippen MR) is 146 cm³/mol. The first-order valence-electron chi connectivity index (χ1n) is 12.9. The van der Waals surface area contributed by atoms with Crippen molar-refractivity contribution in [3.63, 3.8) is 0 Å². The van der Waals surface area contributed by atoms with Gasteiger partial charge in [-0.1, -0.05) is 6.07 Å². The molecule has 10 N–H and O–H groups in total. The number of benzene rings is 4. The zero-order valence-corrected chi connectivity index (χ0v) is 22.5. The number of aliphatic hydroxyl groups excluding tert-OH is 2. The van der Waals surface area contributed by atoms with Gasteiger partial charge in [-0.05, 0) is 36.8 Å². The van der Waals surface area contributed by atoms with Crippen LogP contribution in [0.25, 0.3) is 11.1 Å². The first-order valence-corrected chi connectivity index (χ1v) is 12.9. The number of carbonyl (C=O) groups is 1. The van der Waals surface area contributed by atoms with Gasteiger partial charge in [-0.3, -0.25) is 4.79 Å². The second-order valence-electron chi connectivity index (χ2n) is 10.3. The fraction of sp³-hybridized carbons (Fsp3) is 0.167. The summed E-state index contributed by atoms with van der Waals surface area (Å²) < 4.78 is 18.1. The maximum Gasteiger partial charge on any atom is 0.304 e. The molecule has 4 unspecified atom stereocenters.